The number of allylic oxidation sites excluding steroid dienone is 1. The van der Waals surface area contributed by atoms with Crippen molar-refractivity contribution in [2.45, 2.75) is 40.2 Å². The van der Waals surface area contributed by atoms with Crippen molar-refractivity contribution < 1.29 is 9.53 Å². The van der Waals surface area contributed by atoms with Crippen molar-refractivity contribution >= 4 is 16.9 Å². The predicted octanol–water partition coefficient (Wildman–Crippen LogP) is 4.36. The van der Waals surface area contributed by atoms with Crippen molar-refractivity contribution in [2.24, 2.45) is 0 Å². The van der Waals surface area contributed by atoms with Crippen LogP contribution in [0.15, 0.2) is 54.6 Å². The van der Waals surface area contributed by atoms with Gasteiger partial charge in [0.15, 0.2) is 0 Å². The molecular formula is C24H29N3O2. The number of rotatable bonds is 9. The Morgan fingerprint density at radius 1 is 1.17 bits per heavy atom. The zero-order valence-electron chi connectivity index (χ0n) is 17.4. The van der Waals surface area contributed by atoms with Crippen molar-refractivity contribution in [3.05, 3.63) is 71.6 Å². The second-order valence-corrected chi connectivity index (χ2v) is 7.16. The van der Waals surface area contributed by atoms with Gasteiger partial charge in [0.1, 0.15) is 18.2 Å². The van der Waals surface area contributed by atoms with Gasteiger partial charge in [0.2, 0.25) is 5.91 Å². The average Bonchev–Trinajstić information content (AvgIpc) is 3.06. The Hall–Kier alpha value is -3.08. The number of nitrogens with one attached hydrogen (secondary N) is 1. The fraction of sp³-hybridized carbons (Fsp3) is 0.333. The number of ether oxygens (including phenoxy) is 1. The lowest BCUT2D eigenvalue weighted by molar-refractivity contribution is -0.116. The molecule has 0 aliphatic rings. The van der Waals surface area contributed by atoms with Crippen LogP contribution in [0.1, 0.15) is 30.3 Å². The van der Waals surface area contributed by atoms with Gasteiger partial charge in [0.25, 0.3) is 0 Å². The fourth-order valence-electron chi connectivity index (χ4n) is 3.29. The normalized spacial score (nSPS) is 11.3. The van der Waals surface area contributed by atoms with Gasteiger partial charge in [-0.2, -0.15) is 0 Å². The molecule has 0 atom stereocenters. The highest BCUT2D eigenvalue weighted by Gasteiger charge is 2.10. The van der Waals surface area contributed by atoms with E-state index in [1.807, 2.05) is 31.2 Å². The monoisotopic (exact) mass is 391 g/mol. The molecule has 1 amide bonds. The molecule has 5 heteroatoms. The molecule has 1 aromatic heterocycles. The maximum absolute atomic E-state index is 11.5. The number of amides is 1. The van der Waals surface area contributed by atoms with Crippen LogP contribution in [0.3, 0.4) is 0 Å². The first-order chi connectivity index (χ1) is 14.1. The molecule has 1 N–H and O–H groups in total. The molecule has 0 aliphatic carbocycles. The van der Waals surface area contributed by atoms with Crippen LogP contribution in [0.4, 0.5) is 0 Å². The Kier molecular flexibility index (Phi) is 7.06. The van der Waals surface area contributed by atoms with E-state index in [9.17, 15) is 4.79 Å². The number of imidazole rings is 1. The summed E-state index contributed by atoms with van der Waals surface area (Å²) in [7, 11) is 0. The summed E-state index contributed by atoms with van der Waals surface area (Å²) in [6, 6.07) is 14.4. The Labute approximate surface area is 172 Å². The van der Waals surface area contributed by atoms with Crippen molar-refractivity contribution in [2.75, 3.05) is 13.2 Å². The first kappa shape index (κ1) is 20.6. The molecule has 0 unspecified atom stereocenters. The summed E-state index contributed by atoms with van der Waals surface area (Å²) in [6.07, 6.45) is 4.92. The molecule has 3 aromatic rings. The first-order valence-corrected chi connectivity index (χ1v) is 10.1. The molecule has 1 heterocycles. The molecule has 0 aliphatic heterocycles. The number of fused-ring (bicyclic) bond motifs is 1. The summed E-state index contributed by atoms with van der Waals surface area (Å²) in [5.74, 6) is 1.86. The molecule has 0 saturated heterocycles. The van der Waals surface area contributed by atoms with Crippen LogP contribution >= 0.6 is 0 Å². The van der Waals surface area contributed by atoms with Gasteiger partial charge in [-0.05, 0) is 68.7 Å². The molecule has 29 heavy (non-hydrogen) atoms. The van der Waals surface area contributed by atoms with Crippen molar-refractivity contribution in [3.63, 3.8) is 0 Å². The summed E-state index contributed by atoms with van der Waals surface area (Å²) in [6.45, 7) is 7.97. The van der Waals surface area contributed by atoms with E-state index in [1.165, 1.54) is 11.1 Å². The van der Waals surface area contributed by atoms with Crippen LogP contribution < -0.4 is 10.1 Å². The second kappa shape index (κ2) is 9.92. The van der Waals surface area contributed by atoms with Gasteiger partial charge < -0.3 is 14.6 Å². The first-order valence-electron chi connectivity index (χ1n) is 10.1. The molecule has 0 fully saturated rings. The Morgan fingerprint density at radius 3 is 2.79 bits per heavy atom. The summed E-state index contributed by atoms with van der Waals surface area (Å²) >= 11 is 0. The molecule has 0 bridgehead atoms. The summed E-state index contributed by atoms with van der Waals surface area (Å²) in [5, 5.41) is 2.89. The van der Waals surface area contributed by atoms with Gasteiger partial charge >= 0.3 is 0 Å². The Bertz CT molecular complexity index is 1000. The van der Waals surface area contributed by atoms with Gasteiger partial charge in [-0.3, -0.25) is 4.79 Å². The minimum absolute atomic E-state index is 0.0530. The number of nitrogens with zero attached hydrogens (tertiary/aromatic N) is 2. The predicted molar refractivity (Wildman–Crippen MR) is 117 cm³/mol. The zero-order chi connectivity index (χ0) is 20.6. The van der Waals surface area contributed by atoms with Gasteiger partial charge in [-0.25, -0.2) is 4.98 Å². The van der Waals surface area contributed by atoms with E-state index in [-0.39, 0.29) is 5.91 Å². The van der Waals surface area contributed by atoms with E-state index in [4.69, 9.17) is 9.72 Å². The summed E-state index contributed by atoms with van der Waals surface area (Å²) in [4.78, 5) is 16.3. The molecule has 5 nitrogen and oxygen atoms in total. The van der Waals surface area contributed by atoms with Gasteiger partial charge in [0.05, 0.1) is 17.6 Å². The summed E-state index contributed by atoms with van der Waals surface area (Å²) < 4.78 is 8.22. The van der Waals surface area contributed by atoms with Crippen molar-refractivity contribution in [3.8, 4) is 5.75 Å². The van der Waals surface area contributed by atoms with E-state index in [0.717, 1.165) is 42.0 Å². The molecule has 0 spiro atoms. The van der Waals surface area contributed by atoms with Crippen molar-refractivity contribution in [1.29, 1.82) is 0 Å². The molecule has 3 rings (SSSR count). The maximum atomic E-state index is 11.5. The SMILES string of the molecule is C/C=C\C(=O)NCCCc1nc2ccccc2n1CCOc1ccc(C)c(C)c1. The van der Waals surface area contributed by atoms with Gasteiger partial charge in [-0.1, -0.05) is 24.3 Å². The third-order valence-electron chi connectivity index (χ3n) is 4.99. The topological polar surface area (TPSA) is 56.2 Å². The highest BCUT2D eigenvalue weighted by Crippen LogP contribution is 2.19. The van der Waals surface area contributed by atoms with Crippen LogP contribution in [0.5, 0.6) is 5.75 Å². The van der Waals surface area contributed by atoms with E-state index in [0.29, 0.717) is 13.2 Å². The van der Waals surface area contributed by atoms with Crippen LogP contribution in [0, 0.1) is 13.8 Å². The number of aryl methyl sites for hydroxylation is 3. The van der Waals surface area contributed by atoms with Crippen LogP contribution in [-0.4, -0.2) is 28.6 Å². The average molecular weight is 392 g/mol. The number of para-hydroxylation sites is 2. The summed E-state index contributed by atoms with van der Waals surface area (Å²) in [5.41, 5.74) is 4.61. The minimum atomic E-state index is -0.0530. The lowest BCUT2D eigenvalue weighted by Gasteiger charge is -2.12. The third-order valence-corrected chi connectivity index (χ3v) is 4.99. The number of hydrogen-bond donors (Lipinski definition) is 1. The lowest BCUT2D eigenvalue weighted by Crippen LogP contribution is -2.23. The van der Waals surface area contributed by atoms with Crippen LogP contribution in [0.25, 0.3) is 11.0 Å². The smallest absolute Gasteiger partial charge is 0.243 e. The highest BCUT2D eigenvalue weighted by molar-refractivity contribution is 5.87. The van der Waals surface area contributed by atoms with Crippen molar-refractivity contribution in [1.82, 2.24) is 14.9 Å². The standard InChI is InChI=1S/C24H29N3O2/c1-4-8-24(28)25-14-7-11-23-26-21-9-5-6-10-22(21)27(23)15-16-29-20-13-12-18(2)19(3)17-20/h4-6,8-10,12-13,17H,7,11,14-16H2,1-3H3,(H,25,28)/b8-4-. The quantitative estimate of drug-likeness (QED) is 0.436. The maximum Gasteiger partial charge on any atom is 0.243 e. The molecule has 0 radical (unpaired) electrons. The fourth-order valence-corrected chi connectivity index (χ4v) is 3.29. The molecular weight excluding hydrogens is 362 g/mol. The molecule has 2 aromatic carbocycles. The lowest BCUT2D eigenvalue weighted by atomic mass is 10.1. The second-order valence-electron chi connectivity index (χ2n) is 7.16. The Balaban J connectivity index is 1.64. The van der Waals surface area contributed by atoms with Crippen LogP contribution in [0.2, 0.25) is 0 Å². The van der Waals surface area contributed by atoms with E-state index >= 15 is 0 Å². The minimum Gasteiger partial charge on any atom is -0.492 e. The van der Waals surface area contributed by atoms with Crippen LogP contribution in [-0.2, 0) is 17.8 Å². The number of aromatic nitrogens is 2. The number of hydrogen-bond acceptors (Lipinski definition) is 3. The van der Waals surface area contributed by atoms with E-state index in [2.05, 4.69) is 41.9 Å². The van der Waals surface area contributed by atoms with E-state index in [1.54, 1.807) is 12.2 Å². The molecule has 152 valence electrons. The molecule has 0 saturated carbocycles. The highest BCUT2D eigenvalue weighted by atomic mass is 16.5. The van der Waals surface area contributed by atoms with Gasteiger partial charge in [0, 0.05) is 13.0 Å². The van der Waals surface area contributed by atoms with Gasteiger partial charge in [-0.15, -0.1) is 0 Å². The van der Waals surface area contributed by atoms with E-state index < -0.39 is 0 Å². The zero-order valence-corrected chi connectivity index (χ0v) is 17.4. The Morgan fingerprint density at radius 2 is 2.00 bits per heavy atom. The third kappa shape index (κ3) is 5.47. The number of carbonyl (C=O) groups excluding carboxylic acids is 1. The largest absolute Gasteiger partial charge is 0.492 e. The number of benzene rings is 2. The number of carbonyl (C=O) groups is 1.